The van der Waals surface area contributed by atoms with Crippen molar-refractivity contribution < 1.29 is 4.74 Å². The van der Waals surface area contributed by atoms with Gasteiger partial charge >= 0.3 is 0 Å². The zero-order chi connectivity index (χ0) is 19.5. The van der Waals surface area contributed by atoms with E-state index >= 15 is 0 Å². The number of benzene rings is 2. The number of hydrogen-bond acceptors (Lipinski definition) is 4. The van der Waals surface area contributed by atoms with Crippen molar-refractivity contribution in [3.8, 4) is 28.1 Å². The molecular formula is C23H24N4O. The third-order valence-corrected chi connectivity index (χ3v) is 4.89. The van der Waals surface area contributed by atoms with Gasteiger partial charge in [0.1, 0.15) is 5.75 Å². The SMILES string of the molecule is COc1ccccc1-c1[nH]nc2ncc(-c3cccc(CCN(C)C)c3)cc12. The van der Waals surface area contributed by atoms with Crippen LogP contribution in [0.25, 0.3) is 33.4 Å². The van der Waals surface area contributed by atoms with Gasteiger partial charge in [0.05, 0.1) is 12.8 Å². The lowest BCUT2D eigenvalue weighted by Gasteiger charge is -2.10. The minimum Gasteiger partial charge on any atom is -0.496 e. The first-order valence-electron chi connectivity index (χ1n) is 9.37. The van der Waals surface area contributed by atoms with Gasteiger partial charge in [0, 0.05) is 29.3 Å². The molecule has 142 valence electrons. The van der Waals surface area contributed by atoms with E-state index in [1.165, 1.54) is 5.56 Å². The van der Waals surface area contributed by atoms with Crippen LogP contribution in [0.4, 0.5) is 0 Å². The lowest BCUT2D eigenvalue weighted by atomic mass is 10.0. The van der Waals surface area contributed by atoms with Gasteiger partial charge in [-0.2, -0.15) is 5.10 Å². The Morgan fingerprint density at radius 1 is 1.00 bits per heavy atom. The molecule has 5 nitrogen and oxygen atoms in total. The zero-order valence-corrected chi connectivity index (χ0v) is 16.4. The van der Waals surface area contributed by atoms with Gasteiger partial charge in [0.15, 0.2) is 5.65 Å². The van der Waals surface area contributed by atoms with E-state index in [0.29, 0.717) is 5.65 Å². The predicted molar refractivity (Wildman–Crippen MR) is 114 cm³/mol. The number of rotatable bonds is 6. The molecule has 4 rings (SSSR count). The molecule has 28 heavy (non-hydrogen) atoms. The van der Waals surface area contributed by atoms with E-state index in [4.69, 9.17) is 4.74 Å². The van der Waals surface area contributed by atoms with Gasteiger partial charge in [-0.3, -0.25) is 5.10 Å². The van der Waals surface area contributed by atoms with Crippen molar-refractivity contribution in [2.75, 3.05) is 27.7 Å². The van der Waals surface area contributed by atoms with Gasteiger partial charge in [-0.15, -0.1) is 0 Å². The first kappa shape index (κ1) is 18.2. The zero-order valence-electron chi connectivity index (χ0n) is 16.4. The topological polar surface area (TPSA) is 54.0 Å². The monoisotopic (exact) mass is 372 g/mol. The Bertz CT molecular complexity index is 1100. The lowest BCUT2D eigenvalue weighted by Crippen LogP contribution is -2.14. The summed E-state index contributed by atoms with van der Waals surface area (Å²) in [5, 5.41) is 8.49. The molecule has 0 saturated carbocycles. The van der Waals surface area contributed by atoms with Crippen molar-refractivity contribution >= 4 is 11.0 Å². The van der Waals surface area contributed by atoms with E-state index in [1.807, 2.05) is 30.5 Å². The summed E-state index contributed by atoms with van der Waals surface area (Å²) < 4.78 is 5.52. The molecular weight excluding hydrogens is 348 g/mol. The van der Waals surface area contributed by atoms with Crippen LogP contribution < -0.4 is 4.74 Å². The summed E-state index contributed by atoms with van der Waals surface area (Å²) in [6, 6.07) is 18.8. The molecule has 0 bridgehead atoms. The number of hydrogen-bond donors (Lipinski definition) is 1. The maximum Gasteiger partial charge on any atom is 0.181 e. The number of nitrogens with one attached hydrogen (secondary N) is 1. The normalized spacial score (nSPS) is 11.3. The average molecular weight is 372 g/mol. The summed E-state index contributed by atoms with van der Waals surface area (Å²) in [5.41, 5.74) is 6.17. The molecule has 0 aliphatic carbocycles. The number of H-pyrrole nitrogens is 1. The minimum atomic E-state index is 0.702. The molecule has 0 aliphatic rings. The molecule has 0 amide bonds. The summed E-state index contributed by atoms with van der Waals surface area (Å²) >= 11 is 0. The Balaban J connectivity index is 1.75. The largest absolute Gasteiger partial charge is 0.496 e. The lowest BCUT2D eigenvalue weighted by molar-refractivity contribution is 0.413. The number of pyridine rings is 1. The molecule has 0 radical (unpaired) electrons. The molecule has 0 atom stereocenters. The number of nitrogens with zero attached hydrogens (tertiary/aromatic N) is 3. The van der Waals surface area contributed by atoms with E-state index in [2.05, 4.69) is 64.5 Å². The fourth-order valence-corrected chi connectivity index (χ4v) is 3.37. The molecule has 2 heterocycles. The second-order valence-electron chi connectivity index (χ2n) is 7.15. The second kappa shape index (κ2) is 7.82. The third kappa shape index (κ3) is 3.62. The molecule has 0 aliphatic heterocycles. The van der Waals surface area contributed by atoms with Crippen molar-refractivity contribution in [1.29, 1.82) is 0 Å². The summed E-state index contributed by atoms with van der Waals surface area (Å²) in [6.45, 7) is 1.03. The van der Waals surface area contributed by atoms with Crippen molar-refractivity contribution in [2.24, 2.45) is 0 Å². The van der Waals surface area contributed by atoms with Crippen molar-refractivity contribution in [2.45, 2.75) is 6.42 Å². The van der Waals surface area contributed by atoms with Gasteiger partial charge < -0.3 is 9.64 Å². The van der Waals surface area contributed by atoms with Gasteiger partial charge in [-0.1, -0.05) is 36.4 Å². The van der Waals surface area contributed by atoms with Gasteiger partial charge in [-0.05, 0) is 49.8 Å². The standard InChI is InChI=1S/C23H24N4O/c1-27(2)12-11-16-7-6-8-17(13-16)18-14-20-22(25-26-23(20)24-15-18)19-9-4-5-10-21(19)28-3/h4-10,13-15H,11-12H2,1-3H3,(H,24,25,26). The molecule has 4 aromatic rings. The molecule has 0 spiro atoms. The fourth-order valence-electron chi connectivity index (χ4n) is 3.37. The van der Waals surface area contributed by atoms with Crippen LogP contribution in [0, 0.1) is 0 Å². The first-order valence-corrected chi connectivity index (χ1v) is 9.37. The van der Waals surface area contributed by atoms with Gasteiger partial charge in [0.2, 0.25) is 0 Å². The predicted octanol–water partition coefficient (Wildman–Crippen LogP) is 4.40. The van der Waals surface area contributed by atoms with E-state index in [-0.39, 0.29) is 0 Å². The summed E-state index contributed by atoms with van der Waals surface area (Å²) in [5.74, 6) is 0.809. The number of ether oxygens (including phenoxy) is 1. The number of aromatic amines is 1. The van der Waals surface area contributed by atoms with Gasteiger partial charge in [-0.25, -0.2) is 4.98 Å². The van der Waals surface area contributed by atoms with Crippen LogP contribution in [-0.2, 0) is 6.42 Å². The Kier molecular flexibility index (Phi) is 5.08. The summed E-state index contributed by atoms with van der Waals surface area (Å²) in [7, 11) is 5.88. The molecule has 5 heteroatoms. The minimum absolute atomic E-state index is 0.702. The van der Waals surface area contributed by atoms with Crippen LogP contribution in [0.1, 0.15) is 5.56 Å². The third-order valence-electron chi connectivity index (χ3n) is 4.89. The first-order chi connectivity index (χ1) is 13.7. The second-order valence-corrected chi connectivity index (χ2v) is 7.15. The highest BCUT2D eigenvalue weighted by atomic mass is 16.5. The number of likely N-dealkylation sites (N-methyl/N-ethyl adjacent to an activating group) is 1. The van der Waals surface area contributed by atoms with Crippen LogP contribution in [0.15, 0.2) is 60.8 Å². The van der Waals surface area contributed by atoms with Crippen LogP contribution in [-0.4, -0.2) is 47.8 Å². The van der Waals surface area contributed by atoms with Crippen LogP contribution in [0.2, 0.25) is 0 Å². The highest BCUT2D eigenvalue weighted by Gasteiger charge is 2.14. The Labute approximate surface area is 165 Å². The highest BCUT2D eigenvalue weighted by molar-refractivity contribution is 5.94. The molecule has 0 fully saturated rings. The maximum atomic E-state index is 5.52. The van der Waals surface area contributed by atoms with E-state index in [0.717, 1.165) is 46.5 Å². The number of aromatic nitrogens is 3. The smallest absolute Gasteiger partial charge is 0.181 e. The van der Waals surface area contributed by atoms with E-state index in [9.17, 15) is 0 Å². The van der Waals surface area contributed by atoms with Crippen molar-refractivity contribution in [3.63, 3.8) is 0 Å². The maximum absolute atomic E-state index is 5.52. The van der Waals surface area contributed by atoms with E-state index < -0.39 is 0 Å². The quantitative estimate of drug-likeness (QED) is 0.545. The van der Waals surface area contributed by atoms with Crippen molar-refractivity contribution in [3.05, 3.63) is 66.4 Å². The molecule has 2 aromatic heterocycles. The van der Waals surface area contributed by atoms with Gasteiger partial charge in [0.25, 0.3) is 0 Å². The van der Waals surface area contributed by atoms with E-state index in [1.54, 1.807) is 7.11 Å². The highest BCUT2D eigenvalue weighted by Crippen LogP contribution is 2.34. The molecule has 0 unspecified atom stereocenters. The Morgan fingerprint density at radius 2 is 1.86 bits per heavy atom. The van der Waals surface area contributed by atoms with Crippen molar-refractivity contribution in [1.82, 2.24) is 20.1 Å². The Hall–Kier alpha value is -3.18. The summed E-state index contributed by atoms with van der Waals surface area (Å²) in [6.07, 6.45) is 2.91. The number of fused-ring (bicyclic) bond motifs is 1. The summed E-state index contributed by atoms with van der Waals surface area (Å²) in [4.78, 5) is 6.77. The average Bonchev–Trinajstić information content (AvgIpc) is 3.15. The number of para-hydroxylation sites is 1. The van der Waals surface area contributed by atoms with Crippen LogP contribution in [0.3, 0.4) is 0 Å². The molecule has 1 N–H and O–H groups in total. The molecule has 2 aromatic carbocycles. The number of methoxy groups -OCH3 is 1. The van der Waals surface area contributed by atoms with Crippen LogP contribution in [0.5, 0.6) is 5.75 Å². The fraction of sp³-hybridized carbons (Fsp3) is 0.217. The van der Waals surface area contributed by atoms with Crippen LogP contribution >= 0.6 is 0 Å². The Morgan fingerprint density at radius 3 is 2.68 bits per heavy atom. The molecule has 0 saturated heterocycles.